The summed E-state index contributed by atoms with van der Waals surface area (Å²) in [5, 5.41) is 0. The molecule has 0 aliphatic carbocycles. The number of sulfone groups is 1. The van der Waals surface area contributed by atoms with E-state index in [4.69, 9.17) is 16.2 Å². The summed E-state index contributed by atoms with van der Waals surface area (Å²) in [4.78, 5) is 23.9. The van der Waals surface area contributed by atoms with E-state index in [1.807, 2.05) is 0 Å². The summed E-state index contributed by atoms with van der Waals surface area (Å²) in [6.45, 7) is 1.57. The summed E-state index contributed by atoms with van der Waals surface area (Å²) in [7, 11) is -1.92. The predicted molar refractivity (Wildman–Crippen MR) is 97.0 cm³/mol. The van der Waals surface area contributed by atoms with Gasteiger partial charge in [0.15, 0.2) is 9.84 Å². The smallest absolute Gasteiger partial charge is 0.252 e. The molecule has 0 saturated carbocycles. The maximum absolute atomic E-state index is 11.9. The highest BCUT2D eigenvalue weighted by molar-refractivity contribution is 7.91. The van der Waals surface area contributed by atoms with E-state index in [1.165, 1.54) is 31.4 Å². The third-order valence-electron chi connectivity index (χ3n) is 4.05. The lowest BCUT2D eigenvalue weighted by molar-refractivity contribution is 0.0996. The van der Waals surface area contributed by atoms with Gasteiger partial charge >= 0.3 is 0 Å². The minimum absolute atomic E-state index is 0.000121. The van der Waals surface area contributed by atoms with Gasteiger partial charge in [0.1, 0.15) is 5.75 Å². The predicted octanol–water partition coefficient (Wildman–Crippen LogP) is 1.28. The number of methoxy groups -OCH3 is 1. The molecule has 0 aromatic heterocycles. The Hall–Kier alpha value is -2.87. The van der Waals surface area contributed by atoms with Gasteiger partial charge in [-0.25, -0.2) is 8.42 Å². The van der Waals surface area contributed by atoms with Crippen LogP contribution in [-0.2, 0) is 16.3 Å². The van der Waals surface area contributed by atoms with E-state index in [0.29, 0.717) is 11.1 Å². The average molecular weight is 376 g/mol. The molecular formula is C18H20N2O5S. The van der Waals surface area contributed by atoms with Crippen molar-refractivity contribution in [2.24, 2.45) is 11.5 Å². The monoisotopic (exact) mass is 376 g/mol. The number of primary amides is 2. The lowest BCUT2D eigenvalue weighted by atomic mass is 9.93. The zero-order valence-electron chi connectivity index (χ0n) is 14.5. The number of amides is 2. The van der Waals surface area contributed by atoms with Crippen molar-refractivity contribution in [2.45, 2.75) is 18.2 Å². The van der Waals surface area contributed by atoms with Gasteiger partial charge in [-0.2, -0.15) is 0 Å². The fourth-order valence-electron chi connectivity index (χ4n) is 2.67. The molecule has 138 valence electrons. The van der Waals surface area contributed by atoms with E-state index in [-0.39, 0.29) is 33.9 Å². The summed E-state index contributed by atoms with van der Waals surface area (Å²) in [5.74, 6) is -1.21. The van der Waals surface area contributed by atoms with Crippen LogP contribution in [0.2, 0.25) is 0 Å². The van der Waals surface area contributed by atoms with E-state index in [2.05, 4.69) is 0 Å². The maximum Gasteiger partial charge on any atom is 0.252 e. The topological polar surface area (TPSA) is 130 Å². The number of nitrogens with two attached hydrogens (primary N) is 2. The van der Waals surface area contributed by atoms with Gasteiger partial charge in [0.2, 0.25) is 5.91 Å². The first-order valence-electron chi connectivity index (χ1n) is 7.82. The van der Waals surface area contributed by atoms with E-state index in [0.717, 1.165) is 0 Å². The number of rotatable bonds is 7. The normalized spacial score (nSPS) is 11.2. The number of ether oxygens (including phenoxy) is 1. The van der Waals surface area contributed by atoms with Crippen LogP contribution < -0.4 is 16.2 Å². The lowest BCUT2D eigenvalue weighted by Gasteiger charge is -2.15. The summed E-state index contributed by atoms with van der Waals surface area (Å²) in [5.41, 5.74) is 12.2. The molecule has 2 rings (SSSR count). The van der Waals surface area contributed by atoms with Crippen LogP contribution in [-0.4, -0.2) is 33.1 Å². The largest absolute Gasteiger partial charge is 0.496 e. The highest BCUT2D eigenvalue weighted by Gasteiger charge is 2.21. The third-order valence-corrected chi connectivity index (χ3v) is 5.80. The summed E-state index contributed by atoms with van der Waals surface area (Å²) < 4.78 is 29.0. The molecule has 7 nitrogen and oxygen atoms in total. The Morgan fingerprint density at radius 2 is 1.62 bits per heavy atom. The van der Waals surface area contributed by atoms with Gasteiger partial charge in [0.25, 0.3) is 5.91 Å². The highest BCUT2D eigenvalue weighted by Crippen LogP contribution is 2.28. The standard InChI is InChI=1S/C18H20N2O5S/c1-3-26(23,24)12-6-4-11(5-7-12)10-14-13(17(19)21)8-9-15(25-2)16(14)18(20)22/h4-9H,3,10H2,1-2H3,(H2,19,21)(H2,20,22). The van der Waals surface area contributed by atoms with Gasteiger partial charge in [-0.05, 0) is 41.8 Å². The zero-order valence-corrected chi connectivity index (χ0v) is 15.3. The number of benzene rings is 2. The Morgan fingerprint density at radius 3 is 2.08 bits per heavy atom. The summed E-state index contributed by atoms with van der Waals surface area (Å²) >= 11 is 0. The molecule has 0 spiro atoms. The van der Waals surface area contributed by atoms with Crippen LogP contribution in [0.5, 0.6) is 5.75 Å². The second-order valence-electron chi connectivity index (χ2n) is 5.62. The van der Waals surface area contributed by atoms with E-state index < -0.39 is 21.7 Å². The van der Waals surface area contributed by atoms with Crippen molar-refractivity contribution in [3.05, 3.63) is 58.7 Å². The molecule has 4 N–H and O–H groups in total. The quantitative estimate of drug-likeness (QED) is 0.752. The fraction of sp³-hybridized carbons (Fsp3) is 0.222. The van der Waals surface area contributed by atoms with Crippen LogP contribution in [0.3, 0.4) is 0 Å². The van der Waals surface area contributed by atoms with Crippen LogP contribution in [0.15, 0.2) is 41.3 Å². The molecular weight excluding hydrogens is 356 g/mol. The summed E-state index contributed by atoms with van der Waals surface area (Å²) in [6, 6.07) is 9.15. The van der Waals surface area contributed by atoms with Gasteiger partial charge < -0.3 is 16.2 Å². The van der Waals surface area contributed by atoms with E-state index in [9.17, 15) is 18.0 Å². The van der Waals surface area contributed by atoms with Crippen LogP contribution in [0, 0.1) is 0 Å². The molecule has 0 unspecified atom stereocenters. The van der Waals surface area contributed by atoms with Crippen LogP contribution >= 0.6 is 0 Å². The first-order chi connectivity index (χ1) is 12.2. The molecule has 0 aliphatic heterocycles. The fourth-order valence-corrected chi connectivity index (χ4v) is 3.55. The van der Waals surface area contributed by atoms with Gasteiger partial charge in [-0.1, -0.05) is 19.1 Å². The Kier molecular flexibility index (Phi) is 5.66. The Bertz CT molecular complexity index is 950. The molecule has 0 aliphatic rings. The first-order valence-corrected chi connectivity index (χ1v) is 9.47. The number of hydrogen-bond acceptors (Lipinski definition) is 5. The molecule has 26 heavy (non-hydrogen) atoms. The molecule has 2 amide bonds. The van der Waals surface area contributed by atoms with Crippen molar-refractivity contribution < 1.29 is 22.7 Å². The first kappa shape index (κ1) is 19.5. The maximum atomic E-state index is 11.9. The van der Waals surface area contributed by atoms with Crippen LogP contribution in [0.4, 0.5) is 0 Å². The molecule has 0 fully saturated rings. The van der Waals surface area contributed by atoms with Crippen molar-refractivity contribution in [2.75, 3.05) is 12.9 Å². The van der Waals surface area contributed by atoms with Crippen molar-refractivity contribution in [1.29, 1.82) is 0 Å². The van der Waals surface area contributed by atoms with Gasteiger partial charge in [0.05, 0.1) is 23.3 Å². The Balaban J connectivity index is 2.54. The molecule has 0 atom stereocenters. The van der Waals surface area contributed by atoms with Crippen molar-refractivity contribution in [3.8, 4) is 5.75 Å². The van der Waals surface area contributed by atoms with Crippen molar-refractivity contribution >= 4 is 21.7 Å². The van der Waals surface area contributed by atoms with Crippen molar-refractivity contribution in [3.63, 3.8) is 0 Å². The number of carbonyl (C=O) groups is 2. The van der Waals surface area contributed by atoms with Crippen LogP contribution in [0.1, 0.15) is 38.8 Å². The molecule has 2 aromatic carbocycles. The van der Waals surface area contributed by atoms with Crippen molar-refractivity contribution in [1.82, 2.24) is 0 Å². The minimum Gasteiger partial charge on any atom is -0.496 e. The summed E-state index contributed by atoms with van der Waals surface area (Å²) in [6.07, 6.45) is 0.167. The van der Waals surface area contributed by atoms with E-state index >= 15 is 0 Å². The molecule has 0 heterocycles. The third kappa shape index (κ3) is 3.85. The highest BCUT2D eigenvalue weighted by atomic mass is 32.2. The van der Waals surface area contributed by atoms with Gasteiger partial charge in [-0.15, -0.1) is 0 Å². The molecule has 0 bridgehead atoms. The number of hydrogen-bond donors (Lipinski definition) is 2. The average Bonchev–Trinajstić information content (AvgIpc) is 2.61. The number of carbonyl (C=O) groups excluding carboxylic acids is 2. The second-order valence-corrected chi connectivity index (χ2v) is 7.90. The van der Waals surface area contributed by atoms with Gasteiger partial charge in [-0.3, -0.25) is 9.59 Å². The molecule has 0 saturated heterocycles. The Labute approximate surface area is 151 Å². The Morgan fingerprint density at radius 1 is 1.00 bits per heavy atom. The lowest BCUT2D eigenvalue weighted by Crippen LogP contribution is -2.21. The molecule has 2 aromatic rings. The molecule has 8 heteroatoms. The van der Waals surface area contributed by atoms with Gasteiger partial charge in [0, 0.05) is 5.56 Å². The van der Waals surface area contributed by atoms with Crippen LogP contribution in [0.25, 0.3) is 0 Å². The van der Waals surface area contributed by atoms with E-state index in [1.54, 1.807) is 19.1 Å². The second kappa shape index (κ2) is 7.57. The zero-order chi connectivity index (χ0) is 19.5. The minimum atomic E-state index is -3.31. The SMILES string of the molecule is CCS(=O)(=O)c1ccc(Cc2c(C(N)=O)ccc(OC)c2C(N)=O)cc1. The molecule has 0 radical (unpaired) electrons.